The lowest BCUT2D eigenvalue weighted by Gasteiger charge is -2.24. The Balaban J connectivity index is 3.08. The van der Waals surface area contributed by atoms with Gasteiger partial charge in [-0.2, -0.15) is 0 Å². The van der Waals surface area contributed by atoms with E-state index in [1.165, 1.54) is 0 Å². The molecule has 5 nitrogen and oxygen atoms in total. The number of anilines is 1. The first-order valence-corrected chi connectivity index (χ1v) is 8.91. The second kappa shape index (κ2) is 7.13. The van der Waals surface area contributed by atoms with Crippen LogP contribution in [0.2, 0.25) is 5.02 Å². The average Bonchev–Trinajstić information content (AvgIpc) is 2.37. The van der Waals surface area contributed by atoms with Crippen LogP contribution in [0.4, 0.5) is 5.69 Å². The summed E-state index contributed by atoms with van der Waals surface area (Å²) >= 11 is 5.93. The molecule has 0 spiro atoms. The van der Waals surface area contributed by atoms with Gasteiger partial charge in [0.05, 0.1) is 11.9 Å². The minimum Gasteiger partial charge on any atom is -0.352 e. The Bertz CT molecular complexity index is 617. The van der Waals surface area contributed by atoms with Gasteiger partial charge in [-0.05, 0) is 38.0 Å². The maximum absolute atomic E-state index is 12.0. The fourth-order valence-electron chi connectivity index (χ4n) is 1.79. The van der Waals surface area contributed by atoms with Crippen molar-refractivity contribution >= 4 is 33.2 Å². The van der Waals surface area contributed by atoms with Crippen LogP contribution in [0.1, 0.15) is 25.8 Å². The first-order chi connectivity index (χ1) is 9.65. The Hall–Kier alpha value is -1.27. The maximum Gasteiger partial charge on any atom is 0.240 e. The molecule has 1 unspecified atom stereocenters. The quantitative estimate of drug-likeness (QED) is 0.869. The summed E-state index contributed by atoms with van der Waals surface area (Å²) in [5, 5.41) is 3.18. The van der Waals surface area contributed by atoms with Gasteiger partial charge in [0.1, 0.15) is 6.54 Å². The van der Waals surface area contributed by atoms with E-state index in [1.807, 2.05) is 13.8 Å². The normalized spacial score (nSPS) is 12.8. The molecule has 0 bridgehead atoms. The molecule has 21 heavy (non-hydrogen) atoms. The molecule has 0 heterocycles. The van der Waals surface area contributed by atoms with Crippen molar-refractivity contribution in [2.45, 2.75) is 33.2 Å². The van der Waals surface area contributed by atoms with Crippen LogP contribution in [-0.2, 0) is 14.8 Å². The highest BCUT2D eigenvalue weighted by Crippen LogP contribution is 2.26. The van der Waals surface area contributed by atoms with Gasteiger partial charge in [-0.25, -0.2) is 8.42 Å². The van der Waals surface area contributed by atoms with E-state index < -0.39 is 10.0 Å². The van der Waals surface area contributed by atoms with Crippen LogP contribution in [0.25, 0.3) is 0 Å². The monoisotopic (exact) mass is 332 g/mol. The summed E-state index contributed by atoms with van der Waals surface area (Å²) in [5.41, 5.74) is 1.16. The molecule has 1 N–H and O–H groups in total. The van der Waals surface area contributed by atoms with Crippen molar-refractivity contribution in [3.63, 3.8) is 0 Å². The zero-order chi connectivity index (χ0) is 16.2. The van der Waals surface area contributed by atoms with Crippen LogP contribution in [0.3, 0.4) is 0 Å². The van der Waals surface area contributed by atoms with E-state index in [0.29, 0.717) is 10.7 Å². The van der Waals surface area contributed by atoms with Gasteiger partial charge in [-0.15, -0.1) is 0 Å². The van der Waals surface area contributed by atoms with E-state index in [9.17, 15) is 13.2 Å². The standard InChI is InChI=1S/C14H21ClN2O3S/c1-5-11(3)16-14(18)9-17(21(4,19)20)13-8-12(15)7-6-10(13)2/h6-8,11H,5,9H2,1-4H3,(H,16,18). The molecule has 0 aliphatic carbocycles. The molecule has 0 saturated heterocycles. The zero-order valence-electron chi connectivity index (χ0n) is 12.7. The number of rotatable bonds is 6. The summed E-state index contributed by atoms with van der Waals surface area (Å²) in [6.07, 6.45) is 1.85. The first-order valence-electron chi connectivity index (χ1n) is 6.68. The molecular weight excluding hydrogens is 312 g/mol. The van der Waals surface area contributed by atoms with Crippen molar-refractivity contribution in [1.29, 1.82) is 0 Å². The third-order valence-corrected chi connectivity index (χ3v) is 4.51. The molecular formula is C14H21ClN2O3S. The van der Waals surface area contributed by atoms with Crippen LogP contribution in [-0.4, -0.2) is 33.2 Å². The molecule has 0 aliphatic heterocycles. The predicted octanol–water partition coefficient (Wildman–Crippen LogP) is 2.33. The van der Waals surface area contributed by atoms with E-state index in [0.717, 1.165) is 22.5 Å². The smallest absolute Gasteiger partial charge is 0.240 e. The van der Waals surface area contributed by atoms with Gasteiger partial charge < -0.3 is 5.32 Å². The highest BCUT2D eigenvalue weighted by Gasteiger charge is 2.23. The summed E-state index contributed by atoms with van der Waals surface area (Å²) in [5.74, 6) is -0.339. The van der Waals surface area contributed by atoms with E-state index in [4.69, 9.17) is 11.6 Å². The number of benzene rings is 1. The highest BCUT2D eigenvalue weighted by molar-refractivity contribution is 7.92. The van der Waals surface area contributed by atoms with E-state index >= 15 is 0 Å². The van der Waals surface area contributed by atoms with Gasteiger partial charge in [0.2, 0.25) is 15.9 Å². The van der Waals surface area contributed by atoms with Gasteiger partial charge in [-0.1, -0.05) is 24.6 Å². The van der Waals surface area contributed by atoms with Crippen molar-refractivity contribution in [3.05, 3.63) is 28.8 Å². The maximum atomic E-state index is 12.0. The topological polar surface area (TPSA) is 66.5 Å². The summed E-state index contributed by atoms with van der Waals surface area (Å²) in [4.78, 5) is 12.0. The lowest BCUT2D eigenvalue weighted by atomic mass is 10.2. The SMILES string of the molecule is CCC(C)NC(=O)CN(c1cc(Cl)ccc1C)S(C)(=O)=O. The summed E-state index contributed by atoms with van der Waals surface area (Å²) < 4.78 is 25.1. The summed E-state index contributed by atoms with van der Waals surface area (Å²) in [6.45, 7) is 5.33. The van der Waals surface area contributed by atoms with Gasteiger partial charge in [0.15, 0.2) is 0 Å². The molecule has 1 aromatic rings. The first kappa shape index (κ1) is 17.8. The number of carbonyl (C=O) groups is 1. The average molecular weight is 333 g/mol. The Morgan fingerprint density at radius 2 is 2.05 bits per heavy atom. The molecule has 1 amide bonds. The highest BCUT2D eigenvalue weighted by atomic mass is 35.5. The van der Waals surface area contributed by atoms with Crippen LogP contribution < -0.4 is 9.62 Å². The third-order valence-electron chi connectivity index (χ3n) is 3.15. The zero-order valence-corrected chi connectivity index (χ0v) is 14.3. The number of nitrogens with one attached hydrogen (secondary N) is 1. The number of carbonyl (C=O) groups excluding carboxylic acids is 1. The van der Waals surface area contributed by atoms with Gasteiger partial charge in [-0.3, -0.25) is 9.10 Å². The Morgan fingerprint density at radius 1 is 1.43 bits per heavy atom. The van der Waals surface area contributed by atoms with Gasteiger partial charge in [0.25, 0.3) is 0 Å². The summed E-state index contributed by atoms with van der Waals surface area (Å²) in [6, 6.07) is 4.95. The lowest BCUT2D eigenvalue weighted by Crippen LogP contribution is -2.43. The second-order valence-corrected chi connectivity index (χ2v) is 7.42. The van der Waals surface area contributed by atoms with E-state index in [1.54, 1.807) is 25.1 Å². The van der Waals surface area contributed by atoms with Crippen molar-refractivity contribution in [1.82, 2.24) is 5.32 Å². The molecule has 7 heteroatoms. The number of nitrogens with zero attached hydrogens (tertiary/aromatic N) is 1. The minimum absolute atomic E-state index is 0.000585. The predicted molar refractivity (Wildman–Crippen MR) is 86.3 cm³/mol. The molecule has 1 atom stereocenters. The van der Waals surface area contributed by atoms with Gasteiger partial charge in [0, 0.05) is 11.1 Å². The number of amides is 1. The largest absolute Gasteiger partial charge is 0.352 e. The van der Waals surface area contributed by atoms with Crippen molar-refractivity contribution in [3.8, 4) is 0 Å². The molecule has 118 valence electrons. The molecule has 1 aromatic carbocycles. The fourth-order valence-corrected chi connectivity index (χ4v) is 2.86. The Kier molecular flexibility index (Phi) is 6.04. The number of hydrogen-bond acceptors (Lipinski definition) is 3. The molecule has 0 aromatic heterocycles. The van der Waals surface area contributed by atoms with Crippen LogP contribution in [0, 0.1) is 6.92 Å². The van der Waals surface area contributed by atoms with Crippen molar-refractivity contribution in [2.24, 2.45) is 0 Å². The van der Waals surface area contributed by atoms with Gasteiger partial charge >= 0.3 is 0 Å². The second-order valence-electron chi connectivity index (χ2n) is 5.08. The lowest BCUT2D eigenvalue weighted by molar-refractivity contribution is -0.120. The number of sulfonamides is 1. The Labute approximate surface area is 131 Å². The fraction of sp³-hybridized carbons (Fsp3) is 0.500. The van der Waals surface area contributed by atoms with Crippen LogP contribution in [0.15, 0.2) is 18.2 Å². The van der Waals surface area contributed by atoms with E-state index in [-0.39, 0.29) is 18.5 Å². The van der Waals surface area contributed by atoms with E-state index in [2.05, 4.69) is 5.32 Å². The van der Waals surface area contributed by atoms with Crippen molar-refractivity contribution < 1.29 is 13.2 Å². The molecule has 1 rings (SSSR count). The van der Waals surface area contributed by atoms with Crippen LogP contribution >= 0.6 is 11.6 Å². The molecule has 0 aliphatic rings. The summed E-state index contributed by atoms with van der Waals surface area (Å²) in [7, 11) is -3.58. The van der Waals surface area contributed by atoms with Crippen LogP contribution in [0.5, 0.6) is 0 Å². The Morgan fingerprint density at radius 3 is 2.57 bits per heavy atom. The van der Waals surface area contributed by atoms with Crippen molar-refractivity contribution in [2.75, 3.05) is 17.1 Å². The molecule has 0 fully saturated rings. The molecule has 0 saturated carbocycles. The number of hydrogen-bond donors (Lipinski definition) is 1. The third kappa shape index (κ3) is 5.21. The number of halogens is 1. The molecule has 0 radical (unpaired) electrons. The number of aryl methyl sites for hydroxylation is 1. The minimum atomic E-state index is -3.58.